The summed E-state index contributed by atoms with van der Waals surface area (Å²) in [6, 6.07) is 12.6. The maximum atomic E-state index is 5.77. The number of hydrogen-bond donors (Lipinski definition) is 1. The number of fused-ring (bicyclic) bond motifs is 1. The average Bonchev–Trinajstić information content (AvgIpc) is 2.93. The average molecular weight is 506 g/mol. The Kier molecular flexibility index (Phi) is 13.6. The molecular formula is C30H47N7. The quantitative estimate of drug-likeness (QED) is 0.323. The summed E-state index contributed by atoms with van der Waals surface area (Å²) in [5, 5.41) is 1.15. The van der Waals surface area contributed by atoms with Crippen molar-refractivity contribution in [2.75, 3.05) is 56.1 Å². The molecule has 3 aromatic rings. The van der Waals surface area contributed by atoms with Crippen molar-refractivity contribution in [2.45, 2.75) is 54.0 Å². The molecule has 1 aliphatic heterocycles. The molecule has 7 heteroatoms. The molecule has 2 N–H and O–H groups in total. The van der Waals surface area contributed by atoms with Crippen molar-refractivity contribution < 1.29 is 0 Å². The molecule has 202 valence electrons. The maximum Gasteiger partial charge on any atom is 0.132 e. The molecule has 0 bridgehead atoms. The van der Waals surface area contributed by atoms with Crippen LogP contribution in [-0.4, -0.2) is 66.2 Å². The molecule has 7 nitrogen and oxygen atoms in total. The summed E-state index contributed by atoms with van der Waals surface area (Å²) in [7, 11) is 2.17. The summed E-state index contributed by atoms with van der Waals surface area (Å²) in [5.41, 5.74) is 8.99. The second-order valence-electron chi connectivity index (χ2n) is 8.99. The second kappa shape index (κ2) is 16.7. The summed E-state index contributed by atoms with van der Waals surface area (Å²) in [4.78, 5) is 21.3. The van der Waals surface area contributed by atoms with E-state index in [0.29, 0.717) is 6.54 Å². The molecule has 0 radical (unpaired) electrons. The Hall–Kier alpha value is -3.03. The van der Waals surface area contributed by atoms with Crippen LogP contribution in [0, 0.1) is 6.92 Å². The normalized spacial score (nSPS) is 13.6. The molecule has 1 saturated heterocycles. The van der Waals surface area contributed by atoms with Crippen molar-refractivity contribution in [2.24, 2.45) is 5.73 Å². The molecule has 1 fully saturated rings. The third-order valence-corrected chi connectivity index (χ3v) is 6.23. The number of benzene rings is 1. The van der Waals surface area contributed by atoms with Gasteiger partial charge in [0.25, 0.3) is 0 Å². The molecule has 1 aliphatic rings. The number of piperazine rings is 1. The van der Waals surface area contributed by atoms with Gasteiger partial charge in [0.05, 0.1) is 23.4 Å². The van der Waals surface area contributed by atoms with Gasteiger partial charge in [-0.25, -0.2) is 9.97 Å². The highest BCUT2D eigenvalue weighted by molar-refractivity contribution is 5.90. The number of anilines is 2. The topological polar surface area (TPSA) is 74.4 Å². The third kappa shape index (κ3) is 9.41. The minimum atomic E-state index is 0.710. The highest BCUT2D eigenvalue weighted by Gasteiger charge is 2.18. The Bertz CT molecular complexity index is 1070. The van der Waals surface area contributed by atoms with Crippen LogP contribution >= 0.6 is 0 Å². The lowest BCUT2D eigenvalue weighted by molar-refractivity contribution is 0.312. The zero-order chi connectivity index (χ0) is 27.0. The smallest absolute Gasteiger partial charge is 0.132 e. The third-order valence-electron chi connectivity index (χ3n) is 6.23. The molecule has 37 heavy (non-hydrogen) atoms. The molecular weight excluding hydrogens is 458 g/mol. The highest BCUT2D eigenvalue weighted by atomic mass is 15.3. The predicted molar refractivity (Wildman–Crippen MR) is 159 cm³/mol. The van der Waals surface area contributed by atoms with Gasteiger partial charge in [-0.1, -0.05) is 44.2 Å². The molecule has 0 aliphatic carbocycles. The Morgan fingerprint density at radius 3 is 2.35 bits per heavy atom. The van der Waals surface area contributed by atoms with Crippen LogP contribution in [0.2, 0.25) is 0 Å². The van der Waals surface area contributed by atoms with Gasteiger partial charge in [-0.15, -0.1) is 0 Å². The van der Waals surface area contributed by atoms with Gasteiger partial charge < -0.3 is 20.4 Å². The zero-order valence-electron chi connectivity index (χ0n) is 23.8. The van der Waals surface area contributed by atoms with Gasteiger partial charge in [0.15, 0.2) is 0 Å². The van der Waals surface area contributed by atoms with Crippen LogP contribution in [0.3, 0.4) is 0 Å². The van der Waals surface area contributed by atoms with Crippen LogP contribution < -0.4 is 15.5 Å². The number of aryl methyl sites for hydroxylation is 1. The van der Waals surface area contributed by atoms with Crippen LogP contribution in [0.4, 0.5) is 11.5 Å². The van der Waals surface area contributed by atoms with E-state index in [-0.39, 0.29) is 0 Å². The highest BCUT2D eigenvalue weighted by Crippen LogP contribution is 2.27. The number of pyridine rings is 1. The fourth-order valence-corrected chi connectivity index (χ4v) is 4.16. The fourth-order valence-electron chi connectivity index (χ4n) is 4.16. The summed E-state index contributed by atoms with van der Waals surface area (Å²) in [6.07, 6.45) is 7.91. The molecule has 0 atom stereocenters. The minimum absolute atomic E-state index is 0.710. The Morgan fingerprint density at radius 1 is 0.973 bits per heavy atom. The van der Waals surface area contributed by atoms with Crippen molar-refractivity contribution in [3.05, 3.63) is 66.3 Å². The fraction of sp³-hybridized carbons (Fsp3) is 0.500. The minimum Gasteiger partial charge on any atom is -0.364 e. The van der Waals surface area contributed by atoms with Gasteiger partial charge in [0, 0.05) is 50.4 Å². The molecule has 0 unspecified atom stereocenters. The first-order valence-electron chi connectivity index (χ1n) is 13.7. The van der Waals surface area contributed by atoms with Crippen LogP contribution in [0.15, 0.2) is 54.7 Å². The number of rotatable bonds is 8. The van der Waals surface area contributed by atoms with E-state index in [1.54, 1.807) is 0 Å². The monoisotopic (exact) mass is 505 g/mol. The van der Waals surface area contributed by atoms with E-state index in [1.807, 2.05) is 59.0 Å². The lowest BCUT2D eigenvalue weighted by Crippen LogP contribution is -2.45. The van der Waals surface area contributed by atoms with E-state index >= 15 is 0 Å². The number of aromatic nitrogens is 3. The van der Waals surface area contributed by atoms with Crippen molar-refractivity contribution in [1.29, 1.82) is 0 Å². The standard InChI is InChI=1S/C24H33N7.C4H8.C2H6/c1-19-27-21(17-23(28-19)30-15-13-29(2)14-16-30)18-31(12-4-3-10-25)22-9-5-7-20-8-6-11-26-24(20)22;1-3-4-2;1-2/h5-9,11,17H,3-4,10,12-16,18,25H2,1-2H3;3-4H,1-2H3;1-2H3/b;4-3-;. The Morgan fingerprint density at radius 2 is 1.68 bits per heavy atom. The number of allylic oxidation sites excluding steroid dienone is 2. The number of nitrogens with zero attached hydrogens (tertiary/aromatic N) is 6. The van der Waals surface area contributed by atoms with Gasteiger partial charge in [0.2, 0.25) is 0 Å². The first-order chi connectivity index (χ1) is 18.0. The van der Waals surface area contributed by atoms with Crippen LogP contribution in [0.25, 0.3) is 10.9 Å². The van der Waals surface area contributed by atoms with E-state index in [1.165, 1.54) is 0 Å². The maximum absolute atomic E-state index is 5.77. The summed E-state index contributed by atoms with van der Waals surface area (Å²) in [6.45, 7) is 16.5. The van der Waals surface area contributed by atoms with Gasteiger partial charge in [-0.3, -0.25) is 4.98 Å². The number of nitrogens with two attached hydrogens (primary N) is 1. The van der Waals surface area contributed by atoms with Crippen molar-refractivity contribution in [3.8, 4) is 0 Å². The summed E-state index contributed by atoms with van der Waals surface area (Å²) >= 11 is 0. The molecule has 2 aromatic heterocycles. The molecule has 3 heterocycles. The van der Waals surface area contributed by atoms with Crippen LogP contribution in [0.1, 0.15) is 52.1 Å². The zero-order valence-corrected chi connectivity index (χ0v) is 23.8. The Balaban J connectivity index is 0.000000733. The van der Waals surface area contributed by atoms with E-state index in [2.05, 4.69) is 57.1 Å². The number of para-hydroxylation sites is 1. The van der Waals surface area contributed by atoms with Crippen molar-refractivity contribution in [1.82, 2.24) is 19.9 Å². The molecule has 0 amide bonds. The van der Waals surface area contributed by atoms with Gasteiger partial charge >= 0.3 is 0 Å². The van der Waals surface area contributed by atoms with Gasteiger partial charge in [-0.05, 0) is 59.3 Å². The lowest BCUT2D eigenvalue weighted by Gasteiger charge is -2.33. The second-order valence-corrected chi connectivity index (χ2v) is 8.99. The van der Waals surface area contributed by atoms with Crippen molar-refractivity contribution in [3.63, 3.8) is 0 Å². The van der Waals surface area contributed by atoms with Crippen molar-refractivity contribution >= 4 is 22.4 Å². The van der Waals surface area contributed by atoms with E-state index in [9.17, 15) is 0 Å². The van der Waals surface area contributed by atoms with Crippen LogP contribution in [0.5, 0.6) is 0 Å². The number of hydrogen-bond acceptors (Lipinski definition) is 7. The first-order valence-corrected chi connectivity index (χ1v) is 13.7. The predicted octanol–water partition coefficient (Wildman–Crippen LogP) is 5.44. The van der Waals surface area contributed by atoms with E-state index < -0.39 is 0 Å². The summed E-state index contributed by atoms with van der Waals surface area (Å²) in [5.74, 6) is 1.86. The first kappa shape index (κ1) is 30.2. The van der Waals surface area contributed by atoms with E-state index in [0.717, 1.165) is 86.0 Å². The lowest BCUT2D eigenvalue weighted by atomic mass is 10.1. The summed E-state index contributed by atoms with van der Waals surface area (Å²) < 4.78 is 0. The number of likely N-dealkylation sites (N-methyl/N-ethyl adjacent to an activating group) is 1. The largest absolute Gasteiger partial charge is 0.364 e. The van der Waals surface area contributed by atoms with E-state index in [4.69, 9.17) is 15.7 Å². The Labute approximate surface area is 224 Å². The molecule has 0 saturated carbocycles. The molecule has 1 aromatic carbocycles. The SMILES string of the molecule is C/C=C\C.CC.Cc1nc(CN(CCCCN)c2cccc3cccnc23)cc(N2CCN(C)CC2)n1. The van der Waals surface area contributed by atoms with Gasteiger partial charge in [0.1, 0.15) is 11.6 Å². The molecule has 0 spiro atoms. The molecule has 4 rings (SSSR count). The number of unbranched alkanes of at least 4 members (excludes halogenated alkanes) is 1. The van der Waals surface area contributed by atoms with Crippen LogP contribution in [-0.2, 0) is 6.54 Å². The van der Waals surface area contributed by atoms with Gasteiger partial charge in [-0.2, -0.15) is 0 Å².